The molecule has 1 saturated carbocycles. The minimum atomic E-state index is 0.298. The van der Waals surface area contributed by atoms with Crippen molar-refractivity contribution < 1.29 is 5.11 Å². The second-order valence-corrected chi connectivity index (χ2v) is 8.53. The monoisotopic (exact) mass is 286 g/mol. The van der Waals surface area contributed by atoms with E-state index in [1.54, 1.807) is 0 Å². The van der Waals surface area contributed by atoms with Gasteiger partial charge < -0.3 is 5.11 Å². The molecule has 1 N–H and O–H groups in total. The molecule has 0 amide bonds. The van der Waals surface area contributed by atoms with Crippen LogP contribution in [0, 0.1) is 11.3 Å². The molecule has 1 aromatic rings. The van der Waals surface area contributed by atoms with Gasteiger partial charge >= 0.3 is 0 Å². The molecule has 21 heavy (non-hydrogen) atoms. The van der Waals surface area contributed by atoms with Crippen LogP contribution in [0.3, 0.4) is 0 Å². The van der Waals surface area contributed by atoms with E-state index >= 15 is 0 Å². The SMILES string of the molecule is CC(C)c1c(O)ccc2c1CC[C@H]1C(C)(C)CCCC21C. The van der Waals surface area contributed by atoms with Gasteiger partial charge in [0.25, 0.3) is 0 Å². The van der Waals surface area contributed by atoms with Crippen molar-refractivity contribution in [3.05, 3.63) is 28.8 Å². The van der Waals surface area contributed by atoms with Crippen molar-refractivity contribution in [3.8, 4) is 5.75 Å². The summed E-state index contributed by atoms with van der Waals surface area (Å²) in [6.07, 6.45) is 6.41. The maximum Gasteiger partial charge on any atom is 0.119 e. The number of fused-ring (bicyclic) bond motifs is 3. The predicted molar refractivity (Wildman–Crippen MR) is 89.0 cm³/mol. The van der Waals surface area contributed by atoms with E-state index in [9.17, 15) is 5.11 Å². The Morgan fingerprint density at radius 1 is 1.14 bits per heavy atom. The lowest BCUT2D eigenvalue weighted by Gasteiger charge is -2.54. The third-order valence-corrected chi connectivity index (χ3v) is 6.44. The van der Waals surface area contributed by atoms with Crippen LogP contribution in [-0.2, 0) is 11.8 Å². The molecule has 0 heterocycles. The largest absolute Gasteiger partial charge is 0.508 e. The second-order valence-electron chi connectivity index (χ2n) is 8.53. The molecule has 1 nitrogen and oxygen atoms in total. The lowest BCUT2D eigenvalue weighted by atomic mass is 9.50. The van der Waals surface area contributed by atoms with Crippen LogP contribution >= 0.6 is 0 Å². The zero-order valence-electron chi connectivity index (χ0n) is 14.3. The number of benzene rings is 1. The van der Waals surface area contributed by atoms with E-state index in [1.165, 1.54) is 42.4 Å². The Kier molecular flexibility index (Phi) is 3.39. The standard InChI is InChI=1S/C20H30O/c1-13(2)18-14-7-10-17-19(3,4)11-6-12-20(17,5)15(14)8-9-16(18)21/h8-9,13,17,21H,6-7,10-12H2,1-5H3/t17-,20?/m0/s1. The maximum absolute atomic E-state index is 10.3. The van der Waals surface area contributed by atoms with Gasteiger partial charge in [-0.1, -0.05) is 47.1 Å². The van der Waals surface area contributed by atoms with Crippen LogP contribution in [0.4, 0.5) is 0 Å². The average molecular weight is 286 g/mol. The van der Waals surface area contributed by atoms with Gasteiger partial charge in [0.1, 0.15) is 5.75 Å². The fourth-order valence-corrected chi connectivity index (χ4v) is 5.54. The van der Waals surface area contributed by atoms with E-state index in [0.29, 0.717) is 22.5 Å². The molecule has 0 aromatic heterocycles. The van der Waals surface area contributed by atoms with Crippen LogP contribution in [0.1, 0.15) is 82.9 Å². The first kappa shape index (κ1) is 14.9. The summed E-state index contributed by atoms with van der Waals surface area (Å²) in [7, 11) is 0. The average Bonchev–Trinajstić information content (AvgIpc) is 2.36. The molecule has 0 radical (unpaired) electrons. The molecule has 1 fully saturated rings. The molecule has 3 rings (SSSR count). The van der Waals surface area contributed by atoms with E-state index in [-0.39, 0.29) is 0 Å². The molecule has 2 aliphatic carbocycles. The topological polar surface area (TPSA) is 20.2 Å². The summed E-state index contributed by atoms with van der Waals surface area (Å²) < 4.78 is 0. The molecule has 0 bridgehead atoms. The number of phenols is 1. The van der Waals surface area contributed by atoms with Gasteiger partial charge in [-0.3, -0.25) is 0 Å². The molecule has 0 spiro atoms. The zero-order chi connectivity index (χ0) is 15.4. The molecule has 0 aliphatic heterocycles. The molecule has 1 heteroatoms. The number of rotatable bonds is 1. The summed E-state index contributed by atoms with van der Waals surface area (Å²) in [6, 6.07) is 4.17. The van der Waals surface area contributed by atoms with Gasteiger partial charge in [0, 0.05) is 0 Å². The second kappa shape index (κ2) is 4.76. The highest BCUT2D eigenvalue weighted by molar-refractivity contribution is 5.51. The smallest absolute Gasteiger partial charge is 0.119 e. The first-order chi connectivity index (χ1) is 9.77. The van der Waals surface area contributed by atoms with Gasteiger partial charge in [0.05, 0.1) is 0 Å². The Labute approximate surface area is 129 Å². The third kappa shape index (κ3) is 2.12. The highest BCUT2D eigenvalue weighted by atomic mass is 16.3. The van der Waals surface area contributed by atoms with Crippen molar-refractivity contribution in [1.82, 2.24) is 0 Å². The zero-order valence-corrected chi connectivity index (χ0v) is 14.3. The van der Waals surface area contributed by atoms with Gasteiger partial charge in [-0.25, -0.2) is 0 Å². The Balaban J connectivity index is 2.17. The first-order valence-corrected chi connectivity index (χ1v) is 8.62. The quantitative estimate of drug-likeness (QED) is 0.718. The lowest BCUT2D eigenvalue weighted by molar-refractivity contribution is 0.0404. The lowest BCUT2D eigenvalue weighted by Crippen LogP contribution is -2.48. The van der Waals surface area contributed by atoms with Crippen LogP contribution in [0.25, 0.3) is 0 Å². The van der Waals surface area contributed by atoms with Crippen LogP contribution in [0.15, 0.2) is 12.1 Å². The molecule has 116 valence electrons. The van der Waals surface area contributed by atoms with E-state index in [2.05, 4.69) is 40.7 Å². The minimum Gasteiger partial charge on any atom is -0.508 e. The molecular formula is C20H30O. The van der Waals surface area contributed by atoms with Gasteiger partial charge in [-0.15, -0.1) is 0 Å². The molecular weight excluding hydrogens is 256 g/mol. The highest BCUT2D eigenvalue weighted by Gasteiger charge is 2.50. The van der Waals surface area contributed by atoms with E-state index < -0.39 is 0 Å². The Morgan fingerprint density at radius 2 is 1.86 bits per heavy atom. The maximum atomic E-state index is 10.3. The minimum absolute atomic E-state index is 0.298. The van der Waals surface area contributed by atoms with Gasteiger partial charge in [0.2, 0.25) is 0 Å². The van der Waals surface area contributed by atoms with Crippen LogP contribution in [-0.4, -0.2) is 5.11 Å². The normalized spacial score (nSPS) is 30.9. The van der Waals surface area contributed by atoms with Crippen molar-refractivity contribution >= 4 is 0 Å². The molecule has 1 aromatic carbocycles. The van der Waals surface area contributed by atoms with Gasteiger partial charge in [-0.2, -0.15) is 0 Å². The summed E-state index contributed by atoms with van der Waals surface area (Å²) in [5, 5.41) is 10.3. The summed E-state index contributed by atoms with van der Waals surface area (Å²) >= 11 is 0. The summed E-state index contributed by atoms with van der Waals surface area (Å²) in [6.45, 7) is 11.8. The molecule has 0 saturated heterocycles. The summed E-state index contributed by atoms with van der Waals surface area (Å²) in [5.41, 5.74) is 4.94. The van der Waals surface area contributed by atoms with Gasteiger partial charge in [-0.05, 0) is 71.1 Å². The molecule has 1 unspecified atom stereocenters. The predicted octanol–water partition coefficient (Wildman–Crippen LogP) is 5.55. The number of hydrogen-bond donors (Lipinski definition) is 1. The van der Waals surface area contributed by atoms with Crippen LogP contribution in [0.2, 0.25) is 0 Å². The van der Waals surface area contributed by atoms with Crippen LogP contribution < -0.4 is 0 Å². The fourth-order valence-electron chi connectivity index (χ4n) is 5.54. The molecule has 2 atom stereocenters. The number of hydrogen-bond acceptors (Lipinski definition) is 1. The summed E-state index contributed by atoms with van der Waals surface area (Å²) in [5.74, 6) is 1.67. The fraction of sp³-hybridized carbons (Fsp3) is 0.700. The van der Waals surface area contributed by atoms with E-state index in [0.717, 1.165) is 12.3 Å². The van der Waals surface area contributed by atoms with Crippen LogP contribution in [0.5, 0.6) is 5.75 Å². The Morgan fingerprint density at radius 3 is 2.52 bits per heavy atom. The highest BCUT2D eigenvalue weighted by Crippen LogP contribution is 2.58. The van der Waals surface area contributed by atoms with E-state index in [1.807, 2.05) is 6.07 Å². The number of phenolic OH excluding ortho intramolecular Hbond substituents is 1. The summed E-state index contributed by atoms with van der Waals surface area (Å²) in [4.78, 5) is 0. The first-order valence-electron chi connectivity index (χ1n) is 8.62. The molecule has 2 aliphatic rings. The van der Waals surface area contributed by atoms with Crippen molar-refractivity contribution in [2.24, 2.45) is 11.3 Å². The van der Waals surface area contributed by atoms with Gasteiger partial charge in [0.15, 0.2) is 0 Å². The Bertz CT molecular complexity index is 555. The van der Waals surface area contributed by atoms with Crippen molar-refractivity contribution in [2.45, 2.75) is 78.1 Å². The third-order valence-electron chi connectivity index (χ3n) is 6.44. The van der Waals surface area contributed by atoms with Crippen molar-refractivity contribution in [2.75, 3.05) is 0 Å². The Hall–Kier alpha value is -0.980. The van der Waals surface area contributed by atoms with E-state index in [4.69, 9.17) is 0 Å². The van der Waals surface area contributed by atoms with Crippen molar-refractivity contribution in [1.29, 1.82) is 0 Å². The number of aromatic hydroxyl groups is 1. The van der Waals surface area contributed by atoms with Crippen molar-refractivity contribution in [3.63, 3.8) is 0 Å².